The molecule has 1 aromatic carbocycles. The van der Waals surface area contributed by atoms with Crippen molar-refractivity contribution in [2.45, 2.75) is 32.7 Å². The van der Waals surface area contributed by atoms with Crippen molar-refractivity contribution in [3.63, 3.8) is 0 Å². The second-order valence-corrected chi connectivity index (χ2v) is 8.94. The second kappa shape index (κ2) is 6.64. The van der Waals surface area contributed by atoms with Crippen LogP contribution in [0, 0.1) is 24.7 Å². The molecule has 0 spiro atoms. The number of likely N-dealkylation sites (tertiary alicyclic amines) is 1. The summed E-state index contributed by atoms with van der Waals surface area (Å²) in [7, 11) is 0. The Balaban J connectivity index is 1.70. The molecule has 1 aliphatic heterocycles. The maximum absolute atomic E-state index is 13.4. The van der Waals surface area contributed by atoms with E-state index in [9.17, 15) is 9.59 Å². The van der Waals surface area contributed by atoms with Crippen molar-refractivity contribution in [3.05, 3.63) is 35.5 Å². The molecule has 7 heteroatoms. The van der Waals surface area contributed by atoms with Gasteiger partial charge in [0.15, 0.2) is 5.13 Å². The van der Waals surface area contributed by atoms with Crippen molar-refractivity contribution < 1.29 is 9.59 Å². The molecular formula is C20H24N4O2S. The highest BCUT2D eigenvalue weighted by Crippen LogP contribution is 2.46. The highest BCUT2D eigenvalue weighted by atomic mass is 32.1. The van der Waals surface area contributed by atoms with Crippen molar-refractivity contribution in [3.8, 4) is 10.4 Å². The van der Waals surface area contributed by atoms with E-state index in [0.717, 1.165) is 28.8 Å². The van der Waals surface area contributed by atoms with E-state index < -0.39 is 11.9 Å². The van der Waals surface area contributed by atoms with Gasteiger partial charge in [-0.15, -0.1) is 0 Å². The van der Waals surface area contributed by atoms with E-state index in [0.29, 0.717) is 29.2 Å². The Hall–Kier alpha value is -2.41. The summed E-state index contributed by atoms with van der Waals surface area (Å²) in [5.74, 6) is 0.382. The molecule has 4 rings (SSSR count). The Morgan fingerprint density at radius 2 is 2.07 bits per heavy atom. The van der Waals surface area contributed by atoms with E-state index in [1.807, 2.05) is 31.2 Å². The number of anilines is 1. The molecular weight excluding hydrogens is 360 g/mol. The standard InChI is InChI=1S/C20H24N4O2S/c1-10-4-3-5-12(6-10)17-15(23-20(22)27-17)19(26)24-9-13-7-11(2)8-14(13)16(24)18(21)25/h3-6,11,13-14,16H,7-9H2,1-2H3,(H2,21,25)(H2,22,23)/t11?,13-,14-,16-/m0/s1. The van der Waals surface area contributed by atoms with Gasteiger partial charge in [-0.2, -0.15) is 0 Å². The number of aromatic nitrogens is 1. The van der Waals surface area contributed by atoms with Crippen molar-refractivity contribution in [1.29, 1.82) is 0 Å². The maximum atomic E-state index is 13.4. The third-order valence-electron chi connectivity index (χ3n) is 5.84. The van der Waals surface area contributed by atoms with Crippen LogP contribution >= 0.6 is 11.3 Å². The average molecular weight is 385 g/mol. The Morgan fingerprint density at radius 1 is 1.30 bits per heavy atom. The van der Waals surface area contributed by atoms with E-state index in [4.69, 9.17) is 11.5 Å². The lowest BCUT2D eigenvalue weighted by Gasteiger charge is -2.25. The topological polar surface area (TPSA) is 102 Å². The van der Waals surface area contributed by atoms with Gasteiger partial charge in [-0.05, 0) is 43.1 Å². The molecule has 4 atom stereocenters. The van der Waals surface area contributed by atoms with Crippen LogP contribution in [0.25, 0.3) is 10.4 Å². The molecule has 4 N–H and O–H groups in total. The van der Waals surface area contributed by atoms with Gasteiger partial charge >= 0.3 is 0 Å². The van der Waals surface area contributed by atoms with Gasteiger partial charge in [-0.25, -0.2) is 4.98 Å². The van der Waals surface area contributed by atoms with Gasteiger partial charge in [0.25, 0.3) is 5.91 Å². The molecule has 0 bridgehead atoms. The van der Waals surface area contributed by atoms with Gasteiger partial charge in [0.05, 0.1) is 4.88 Å². The van der Waals surface area contributed by atoms with E-state index in [1.165, 1.54) is 11.3 Å². The quantitative estimate of drug-likeness (QED) is 0.849. The lowest BCUT2D eigenvalue weighted by atomic mass is 9.93. The first-order valence-electron chi connectivity index (χ1n) is 9.28. The molecule has 2 amide bonds. The van der Waals surface area contributed by atoms with Crippen molar-refractivity contribution in [2.24, 2.45) is 23.5 Å². The average Bonchev–Trinajstić information content (AvgIpc) is 3.25. The predicted octanol–water partition coefficient (Wildman–Crippen LogP) is 2.67. The van der Waals surface area contributed by atoms with E-state index >= 15 is 0 Å². The van der Waals surface area contributed by atoms with Crippen LogP contribution in [0.1, 0.15) is 35.8 Å². The fraction of sp³-hybridized carbons (Fsp3) is 0.450. The minimum atomic E-state index is -0.555. The number of rotatable bonds is 3. The Morgan fingerprint density at radius 3 is 2.78 bits per heavy atom. The summed E-state index contributed by atoms with van der Waals surface area (Å²) >= 11 is 1.30. The second-order valence-electron chi connectivity index (χ2n) is 7.90. The summed E-state index contributed by atoms with van der Waals surface area (Å²) in [5, 5.41) is 0.346. The number of primary amides is 1. The number of amides is 2. The number of fused-ring (bicyclic) bond motifs is 1. The number of benzene rings is 1. The van der Waals surface area contributed by atoms with Crippen LogP contribution in [-0.4, -0.2) is 34.3 Å². The number of carbonyl (C=O) groups excluding carboxylic acids is 2. The largest absolute Gasteiger partial charge is 0.375 e. The zero-order valence-corrected chi connectivity index (χ0v) is 16.3. The zero-order chi connectivity index (χ0) is 19.3. The van der Waals surface area contributed by atoms with E-state index in [2.05, 4.69) is 11.9 Å². The number of carbonyl (C=O) groups is 2. The van der Waals surface area contributed by atoms with Crippen molar-refractivity contribution in [1.82, 2.24) is 9.88 Å². The van der Waals surface area contributed by atoms with Crippen molar-refractivity contribution >= 4 is 28.3 Å². The molecule has 2 heterocycles. The van der Waals surface area contributed by atoms with Crippen LogP contribution in [0.4, 0.5) is 5.13 Å². The predicted molar refractivity (Wildman–Crippen MR) is 106 cm³/mol. The first-order valence-corrected chi connectivity index (χ1v) is 10.1. The summed E-state index contributed by atoms with van der Waals surface area (Å²) in [6.45, 7) is 4.76. The van der Waals surface area contributed by atoms with Crippen LogP contribution in [0.15, 0.2) is 24.3 Å². The minimum absolute atomic E-state index is 0.153. The highest BCUT2D eigenvalue weighted by molar-refractivity contribution is 7.19. The first-order chi connectivity index (χ1) is 12.8. The van der Waals surface area contributed by atoms with Gasteiger partial charge in [0.2, 0.25) is 5.91 Å². The summed E-state index contributed by atoms with van der Waals surface area (Å²) in [6.07, 6.45) is 1.97. The lowest BCUT2D eigenvalue weighted by Crippen LogP contribution is -2.46. The fourth-order valence-corrected chi connectivity index (χ4v) is 5.63. The number of aryl methyl sites for hydroxylation is 1. The molecule has 1 unspecified atom stereocenters. The maximum Gasteiger partial charge on any atom is 0.274 e. The van der Waals surface area contributed by atoms with Crippen LogP contribution in [0.3, 0.4) is 0 Å². The van der Waals surface area contributed by atoms with Crippen LogP contribution in [0.2, 0.25) is 0 Å². The number of nitrogen functional groups attached to an aromatic ring is 1. The van der Waals surface area contributed by atoms with E-state index in [1.54, 1.807) is 4.90 Å². The Kier molecular flexibility index (Phi) is 4.42. The van der Waals surface area contributed by atoms with Crippen LogP contribution in [-0.2, 0) is 4.79 Å². The SMILES string of the molecule is Cc1cccc(-c2sc(N)nc2C(=O)N2C[C@@H]3CC(C)C[C@@H]3[C@H]2C(N)=O)c1. The normalized spacial score (nSPS) is 27.0. The van der Waals surface area contributed by atoms with Crippen molar-refractivity contribution in [2.75, 3.05) is 12.3 Å². The summed E-state index contributed by atoms with van der Waals surface area (Å²) in [5.41, 5.74) is 14.0. The van der Waals surface area contributed by atoms with Gasteiger partial charge in [-0.3, -0.25) is 9.59 Å². The fourth-order valence-electron chi connectivity index (χ4n) is 4.81. The molecule has 2 fully saturated rings. The number of nitrogens with two attached hydrogens (primary N) is 2. The minimum Gasteiger partial charge on any atom is -0.375 e. The lowest BCUT2D eigenvalue weighted by molar-refractivity contribution is -0.122. The number of nitrogens with zero attached hydrogens (tertiary/aromatic N) is 2. The van der Waals surface area contributed by atoms with Gasteiger partial charge in [0.1, 0.15) is 11.7 Å². The Labute approximate surface area is 162 Å². The summed E-state index contributed by atoms with van der Waals surface area (Å²) in [4.78, 5) is 32.3. The highest BCUT2D eigenvalue weighted by Gasteiger charge is 2.51. The number of thiazole rings is 1. The molecule has 6 nitrogen and oxygen atoms in total. The third kappa shape index (κ3) is 3.10. The molecule has 1 saturated carbocycles. The smallest absolute Gasteiger partial charge is 0.274 e. The number of hydrogen-bond donors (Lipinski definition) is 2. The molecule has 1 aromatic heterocycles. The van der Waals surface area contributed by atoms with Gasteiger partial charge in [0, 0.05) is 6.54 Å². The third-order valence-corrected chi connectivity index (χ3v) is 6.77. The molecule has 1 aliphatic carbocycles. The molecule has 0 radical (unpaired) electrons. The zero-order valence-electron chi connectivity index (χ0n) is 15.5. The van der Waals surface area contributed by atoms with Crippen LogP contribution in [0.5, 0.6) is 0 Å². The first kappa shape index (κ1) is 18.0. The molecule has 2 aliphatic rings. The molecule has 27 heavy (non-hydrogen) atoms. The monoisotopic (exact) mass is 384 g/mol. The summed E-state index contributed by atoms with van der Waals surface area (Å²) < 4.78 is 0. The number of hydrogen-bond acceptors (Lipinski definition) is 5. The molecule has 2 aromatic rings. The van der Waals surface area contributed by atoms with Gasteiger partial charge < -0.3 is 16.4 Å². The Bertz CT molecular complexity index is 909. The van der Waals surface area contributed by atoms with Crippen LogP contribution < -0.4 is 11.5 Å². The molecule has 142 valence electrons. The van der Waals surface area contributed by atoms with E-state index in [-0.39, 0.29) is 11.8 Å². The summed E-state index contributed by atoms with van der Waals surface area (Å²) in [6, 6.07) is 7.35. The van der Waals surface area contributed by atoms with Gasteiger partial charge in [-0.1, -0.05) is 48.1 Å². The molecule has 1 saturated heterocycles.